The van der Waals surface area contributed by atoms with Crippen LogP contribution >= 0.6 is 0 Å². The summed E-state index contributed by atoms with van der Waals surface area (Å²) in [5.74, 6) is 0.872. The number of urea groups is 1. The van der Waals surface area contributed by atoms with Gasteiger partial charge in [-0.3, -0.25) is 4.90 Å². The van der Waals surface area contributed by atoms with E-state index in [1.807, 2.05) is 0 Å². The zero-order valence-electron chi connectivity index (χ0n) is 18.4. The fourth-order valence-corrected chi connectivity index (χ4v) is 6.30. The Balaban J connectivity index is 1.31. The summed E-state index contributed by atoms with van der Waals surface area (Å²) in [4.78, 5) is 29.9. The number of carbonyl (C=O) groups excluding carboxylic acids is 2. The highest BCUT2D eigenvalue weighted by atomic mass is 16.5. The molecule has 3 aliphatic heterocycles. The number of hydrogen-bond donors (Lipinski definition) is 1. The van der Waals surface area contributed by atoms with E-state index in [-0.39, 0.29) is 18.0 Å². The molecular weight excluding hydrogens is 390 g/mol. The summed E-state index contributed by atoms with van der Waals surface area (Å²) in [6, 6.07) is 7.89. The zero-order valence-corrected chi connectivity index (χ0v) is 18.4. The van der Waals surface area contributed by atoms with E-state index in [0.717, 1.165) is 32.0 Å². The molecule has 0 saturated carbocycles. The third-order valence-corrected chi connectivity index (χ3v) is 7.57. The maximum atomic E-state index is 13.3. The first-order chi connectivity index (χ1) is 15.1. The van der Waals surface area contributed by atoms with Gasteiger partial charge in [-0.1, -0.05) is 18.1 Å². The van der Waals surface area contributed by atoms with E-state index in [1.165, 1.54) is 37.8 Å². The topological polar surface area (TPSA) is 61.9 Å². The van der Waals surface area contributed by atoms with Crippen LogP contribution in [0.5, 0.6) is 0 Å². The van der Waals surface area contributed by atoms with Crippen LogP contribution in [0.4, 0.5) is 10.5 Å². The van der Waals surface area contributed by atoms with Gasteiger partial charge >= 0.3 is 12.0 Å². The van der Waals surface area contributed by atoms with Crippen LogP contribution in [0.25, 0.3) is 0 Å². The second-order valence-corrected chi connectivity index (χ2v) is 9.43. The lowest BCUT2D eigenvalue weighted by Gasteiger charge is -2.54. The Kier molecular flexibility index (Phi) is 5.74. The standard InChI is InChI=1S/C25H33N3O3/c1-2-31-24(29)17-8-10-21(11-9-17)26-25(30)28-13-5-6-18-14-19-15-20(23(18)28)16-27-12-4-3-7-22(19)27/h8-11,14,19-20,22-23H,2-7,12-13,15-16H2,1H3,(H,26,30). The molecule has 6 heteroatoms. The van der Waals surface area contributed by atoms with Gasteiger partial charge in [-0.05, 0) is 81.7 Å². The van der Waals surface area contributed by atoms with Crippen LogP contribution < -0.4 is 5.32 Å². The molecule has 1 aromatic carbocycles. The number of fused-ring (bicyclic) bond motifs is 6. The van der Waals surface area contributed by atoms with E-state index >= 15 is 0 Å². The predicted molar refractivity (Wildman–Crippen MR) is 120 cm³/mol. The number of piperidine rings is 3. The van der Waals surface area contributed by atoms with E-state index in [0.29, 0.717) is 29.7 Å². The fraction of sp³-hybridized carbons (Fsp3) is 0.600. The summed E-state index contributed by atoms with van der Waals surface area (Å²) < 4.78 is 5.03. The summed E-state index contributed by atoms with van der Waals surface area (Å²) in [5, 5.41) is 3.07. The van der Waals surface area contributed by atoms with Crippen LogP contribution in [0, 0.1) is 11.8 Å². The number of nitrogens with one attached hydrogen (secondary N) is 1. The highest BCUT2D eigenvalue weighted by Crippen LogP contribution is 2.45. The Labute approximate surface area is 184 Å². The highest BCUT2D eigenvalue weighted by Gasteiger charge is 2.46. The van der Waals surface area contributed by atoms with Crippen molar-refractivity contribution in [2.24, 2.45) is 11.8 Å². The van der Waals surface area contributed by atoms with Crippen molar-refractivity contribution in [1.82, 2.24) is 9.80 Å². The van der Waals surface area contributed by atoms with Gasteiger partial charge < -0.3 is 15.0 Å². The molecule has 4 unspecified atom stereocenters. The van der Waals surface area contributed by atoms with Crippen molar-refractivity contribution in [3.63, 3.8) is 0 Å². The minimum Gasteiger partial charge on any atom is -0.462 e. The molecule has 0 radical (unpaired) electrons. The van der Waals surface area contributed by atoms with E-state index in [4.69, 9.17) is 4.74 Å². The molecule has 2 bridgehead atoms. The summed E-state index contributed by atoms with van der Waals surface area (Å²) >= 11 is 0. The Morgan fingerprint density at radius 2 is 1.97 bits per heavy atom. The van der Waals surface area contributed by atoms with Crippen molar-refractivity contribution < 1.29 is 14.3 Å². The van der Waals surface area contributed by atoms with Crippen LogP contribution in [-0.4, -0.2) is 60.1 Å². The molecule has 166 valence electrons. The molecule has 6 nitrogen and oxygen atoms in total. The molecule has 3 heterocycles. The second kappa shape index (κ2) is 8.65. The number of ether oxygens (including phenoxy) is 1. The van der Waals surface area contributed by atoms with Gasteiger partial charge in [0, 0.05) is 24.8 Å². The molecule has 4 aliphatic rings. The third kappa shape index (κ3) is 3.98. The molecule has 4 atom stereocenters. The van der Waals surface area contributed by atoms with Crippen molar-refractivity contribution in [2.45, 2.75) is 57.5 Å². The summed E-state index contributed by atoms with van der Waals surface area (Å²) in [6.07, 6.45) is 9.91. The molecule has 0 aromatic heterocycles. The molecule has 0 spiro atoms. The number of benzene rings is 1. The van der Waals surface area contributed by atoms with Gasteiger partial charge in [-0.2, -0.15) is 0 Å². The minimum absolute atomic E-state index is 0.0290. The molecular formula is C25H33N3O3. The van der Waals surface area contributed by atoms with Crippen molar-refractivity contribution in [2.75, 3.05) is 31.6 Å². The van der Waals surface area contributed by atoms with Gasteiger partial charge in [0.2, 0.25) is 0 Å². The molecule has 1 aromatic rings. The predicted octanol–water partition coefficient (Wildman–Crippen LogP) is 4.29. The molecule has 31 heavy (non-hydrogen) atoms. The number of nitrogens with zero attached hydrogens (tertiary/aromatic N) is 2. The average Bonchev–Trinajstić information content (AvgIpc) is 2.79. The lowest BCUT2D eigenvalue weighted by atomic mass is 9.68. The smallest absolute Gasteiger partial charge is 0.338 e. The van der Waals surface area contributed by atoms with E-state index in [9.17, 15) is 9.59 Å². The molecule has 5 rings (SSSR count). The Morgan fingerprint density at radius 1 is 1.13 bits per heavy atom. The number of hydrogen-bond acceptors (Lipinski definition) is 4. The molecule has 1 aliphatic carbocycles. The van der Waals surface area contributed by atoms with E-state index < -0.39 is 0 Å². The van der Waals surface area contributed by atoms with Crippen LogP contribution in [0.1, 0.15) is 55.8 Å². The molecule has 3 saturated heterocycles. The number of carbonyl (C=O) groups is 2. The SMILES string of the molecule is CCOC(=O)c1ccc(NC(=O)N2CCCC3=CC4CC(CN5CCCCC45)C32)cc1. The van der Waals surface area contributed by atoms with Crippen molar-refractivity contribution in [3.8, 4) is 0 Å². The molecule has 2 amide bonds. The Morgan fingerprint density at radius 3 is 2.77 bits per heavy atom. The van der Waals surface area contributed by atoms with Gasteiger partial charge in [0.15, 0.2) is 0 Å². The first-order valence-corrected chi connectivity index (χ1v) is 11.9. The first kappa shape index (κ1) is 20.6. The highest BCUT2D eigenvalue weighted by molar-refractivity contribution is 5.92. The van der Waals surface area contributed by atoms with Gasteiger partial charge in [0.1, 0.15) is 0 Å². The summed E-state index contributed by atoms with van der Waals surface area (Å²) in [5.41, 5.74) is 2.70. The lowest BCUT2D eigenvalue weighted by molar-refractivity contribution is 0.00908. The maximum Gasteiger partial charge on any atom is 0.338 e. The minimum atomic E-state index is -0.337. The van der Waals surface area contributed by atoms with Crippen molar-refractivity contribution >= 4 is 17.7 Å². The second-order valence-electron chi connectivity index (χ2n) is 9.43. The van der Waals surface area contributed by atoms with Crippen LogP contribution in [0.15, 0.2) is 35.9 Å². The van der Waals surface area contributed by atoms with Crippen molar-refractivity contribution in [3.05, 3.63) is 41.5 Å². The van der Waals surface area contributed by atoms with Gasteiger partial charge in [0.25, 0.3) is 0 Å². The number of likely N-dealkylation sites (tertiary alicyclic amines) is 1. The van der Waals surface area contributed by atoms with E-state index in [1.54, 1.807) is 31.2 Å². The number of rotatable bonds is 3. The van der Waals surface area contributed by atoms with Crippen LogP contribution in [-0.2, 0) is 4.74 Å². The van der Waals surface area contributed by atoms with Gasteiger partial charge in [0.05, 0.1) is 18.2 Å². The first-order valence-electron chi connectivity index (χ1n) is 11.9. The Hall–Kier alpha value is -2.34. The Bertz CT molecular complexity index is 865. The zero-order chi connectivity index (χ0) is 21.4. The molecule has 3 fully saturated rings. The normalized spacial score (nSPS) is 30.0. The lowest BCUT2D eigenvalue weighted by Crippen LogP contribution is -2.60. The van der Waals surface area contributed by atoms with Gasteiger partial charge in [-0.25, -0.2) is 9.59 Å². The van der Waals surface area contributed by atoms with Crippen LogP contribution in [0.3, 0.4) is 0 Å². The average molecular weight is 424 g/mol. The largest absolute Gasteiger partial charge is 0.462 e. The summed E-state index contributed by atoms with van der Waals surface area (Å²) in [6.45, 7) is 5.29. The number of esters is 1. The quantitative estimate of drug-likeness (QED) is 0.582. The van der Waals surface area contributed by atoms with E-state index in [2.05, 4.69) is 21.2 Å². The van der Waals surface area contributed by atoms with Crippen LogP contribution in [0.2, 0.25) is 0 Å². The fourth-order valence-electron chi connectivity index (χ4n) is 6.30. The molecule has 1 N–H and O–H groups in total. The van der Waals surface area contributed by atoms with Gasteiger partial charge in [-0.15, -0.1) is 0 Å². The number of anilines is 1. The number of amides is 2. The van der Waals surface area contributed by atoms with Crippen molar-refractivity contribution in [1.29, 1.82) is 0 Å². The monoisotopic (exact) mass is 423 g/mol. The maximum absolute atomic E-state index is 13.3. The summed E-state index contributed by atoms with van der Waals surface area (Å²) in [7, 11) is 0. The third-order valence-electron chi connectivity index (χ3n) is 7.57.